The summed E-state index contributed by atoms with van der Waals surface area (Å²) in [5.41, 5.74) is -1.36. The van der Waals surface area contributed by atoms with E-state index in [1.807, 2.05) is 13.8 Å². The number of pyridine rings is 2. The van der Waals surface area contributed by atoms with Gasteiger partial charge in [-0.05, 0) is 50.2 Å². The topological polar surface area (TPSA) is 76.1 Å². The van der Waals surface area contributed by atoms with Crippen LogP contribution in [-0.2, 0) is 23.6 Å². The number of rotatable bonds is 5. The first-order chi connectivity index (χ1) is 18.9. The van der Waals surface area contributed by atoms with Crippen molar-refractivity contribution in [3.8, 4) is 11.3 Å². The second kappa shape index (κ2) is 10.6. The van der Waals surface area contributed by atoms with E-state index in [1.165, 1.54) is 30.5 Å². The monoisotopic (exact) mass is 562 g/mol. The molecule has 0 bridgehead atoms. The molecular formula is C27H24F6N6O. The SMILES string of the molecule is C[C@@H]1CN(Cc2nc(Nc3ccc(C(F)(F)F)nc3)c3ccc(-c4ncccc4C(F)(F)F)cc3n2)C[C@@H](C)O1. The number of nitrogens with one attached hydrogen (secondary N) is 1. The summed E-state index contributed by atoms with van der Waals surface area (Å²) in [5.74, 6) is 0.657. The molecule has 2 atom stereocenters. The zero-order valence-electron chi connectivity index (χ0n) is 21.4. The lowest BCUT2D eigenvalue weighted by Gasteiger charge is -2.34. The van der Waals surface area contributed by atoms with E-state index in [2.05, 4.69) is 30.2 Å². The van der Waals surface area contributed by atoms with Crippen LogP contribution in [0.5, 0.6) is 0 Å². The van der Waals surface area contributed by atoms with Crippen molar-refractivity contribution in [2.75, 3.05) is 18.4 Å². The van der Waals surface area contributed by atoms with Crippen molar-refractivity contribution in [3.63, 3.8) is 0 Å². The fraction of sp³-hybridized carbons (Fsp3) is 0.333. The Hall–Kier alpha value is -3.84. The van der Waals surface area contributed by atoms with E-state index in [9.17, 15) is 26.3 Å². The van der Waals surface area contributed by atoms with Gasteiger partial charge in [0.25, 0.3) is 0 Å². The molecule has 5 rings (SSSR count). The number of hydrogen-bond donors (Lipinski definition) is 1. The molecule has 0 spiro atoms. The number of hydrogen-bond acceptors (Lipinski definition) is 7. The standard InChI is InChI=1S/C27H24F6N6O/c1-15-12-39(13-16(2)40-15)14-23-37-21-10-17(24-20(26(28,29)30)4-3-9-34-24)5-7-19(21)25(38-23)36-18-6-8-22(35-11-18)27(31,32)33/h3-11,15-16H,12-14H2,1-2H3,(H,36,37,38)/t15-,16-/m1/s1. The lowest BCUT2D eigenvalue weighted by Crippen LogP contribution is -2.45. The first kappa shape index (κ1) is 27.7. The molecule has 13 heteroatoms. The number of morpholine rings is 1. The van der Waals surface area contributed by atoms with Gasteiger partial charge in [0.2, 0.25) is 0 Å². The molecule has 40 heavy (non-hydrogen) atoms. The molecule has 0 aliphatic carbocycles. The largest absolute Gasteiger partial charge is 0.433 e. The number of nitrogens with zero attached hydrogens (tertiary/aromatic N) is 5. The van der Waals surface area contributed by atoms with Gasteiger partial charge in [-0.3, -0.25) is 9.88 Å². The molecule has 0 saturated carbocycles. The van der Waals surface area contributed by atoms with E-state index >= 15 is 0 Å². The van der Waals surface area contributed by atoms with E-state index in [0.717, 1.165) is 18.3 Å². The zero-order chi connectivity index (χ0) is 28.7. The molecule has 1 aromatic carbocycles. The third-order valence-corrected chi connectivity index (χ3v) is 6.31. The quantitative estimate of drug-likeness (QED) is 0.279. The van der Waals surface area contributed by atoms with Crippen LogP contribution in [-0.4, -0.2) is 50.1 Å². The highest BCUT2D eigenvalue weighted by Crippen LogP contribution is 2.37. The third kappa shape index (κ3) is 6.15. The highest BCUT2D eigenvalue weighted by atomic mass is 19.4. The number of anilines is 2. The van der Waals surface area contributed by atoms with Crippen LogP contribution in [0.4, 0.5) is 37.8 Å². The maximum absolute atomic E-state index is 13.7. The molecule has 1 saturated heterocycles. The Kier molecular flexibility index (Phi) is 7.36. The van der Waals surface area contributed by atoms with Crippen molar-refractivity contribution < 1.29 is 31.1 Å². The Balaban J connectivity index is 1.57. The van der Waals surface area contributed by atoms with Crippen LogP contribution in [0.2, 0.25) is 0 Å². The Morgan fingerprint density at radius 2 is 1.68 bits per heavy atom. The summed E-state index contributed by atoms with van der Waals surface area (Å²) >= 11 is 0. The molecule has 1 fully saturated rings. The average Bonchev–Trinajstić information content (AvgIpc) is 2.87. The molecule has 7 nitrogen and oxygen atoms in total. The minimum Gasteiger partial charge on any atom is -0.373 e. The Bertz CT molecular complexity index is 1500. The van der Waals surface area contributed by atoms with Gasteiger partial charge in [0.15, 0.2) is 0 Å². The fourth-order valence-electron chi connectivity index (χ4n) is 4.74. The van der Waals surface area contributed by atoms with Crippen LogP contribution >= 0.6 is 0 Å². The van der Waals surface area contributed by atoms with Crippen LogP contribution in [0.15, 0.2) is 54.9 Å². The first-order valence-electron chi connectivity index (χ1n) is 12.4. The second-order valence-corrected chi connectivity index (χ2v) is 9.62. The summed E-state index contributed by atoms with van der Waals surface area (Å²) < 4.78 is 85.7. The summed E-state index contributed by atoms with van der Waals surface area (Å²) in [5, 5.41) is 3.45. The van der Waals surface area contributed by atoms with E-state index in [-0.39, 0.29) is 35.0 Å². The number of halogens is 6. The predicted octanol–water partition coefficient (Wildman–Crippen LogP) is 6.48. The van der Waals surface area contributed by atoms with Gasteiger partial charge in [0, 0.05) is 30.2 Å². The first-order valence-corrected chi connectivity index (χ1v) is 12.4. The molecular weight excluding hydrogens is 538 g/mol. The maximum Gasteiger partial charge on any atom is 0.433 e. The van der Waals surface area contributed by atoms with Crippen LogP contribution in [0, 0.1) is 0 Å². The Morgan fingerprint density at radius 1 is 0.925 bits per heavy atom. The van der Waals surface area contributed by atoms with Crippen LogP contribution in [0.1, 0.15) is 30.9 Å². The smallest absolute Gasteiger partial charge is 0.373 e. The number of fused-ring (bicyclic) bond motifs is 1. The fourth-order valence-corrected chi connectivity index (χ4v) is 4.74. The summed E-state index contributed by atoms with van der Waals surface area (Å²) in [7, 11) is 0. The van der Waals surface area contributed by atoms with Crippen molar-refractivity contribution >= 4 is 22.4 Å². The maximum atomic E-state index is 13.7. The summed E-state index contributed by atoms with van der Waals surface area (Å²) in [6.45, 7) is 5.48. The lowest BCUT2D eigenvalue weighted by atomic mass is 10.0. The van der Waals surface area contributed by atoms with Gasteiger partial charge >= 0.3 is 12.4 Å². The molecule has 0 radical (unpaired) electrons. The summed E-state index contributed by atoms with van der Waals surface area (Å²) in [4.78, 5) is 18.8. The van der Waals surface area contributed by atoms with Gasteiger partial charge in [-0.1, -0.05) is 6.07 Å². The number of alkyl halides is 6. The van der Waals surface area contributed by atoms with Crippen molar-refractivity contribution in [1.29, 1.82) is 0 Å². The minimum atomic E-state index is -4.61. The van der Waals surface area contributed by atoms with Crippen LogP contribution in [0.3, 0.4) is 0 Å². The molecule has 0 unspecified atom stereocenters. The normalized spacial score (nSPS) is 18.7. The summed E-state index contributed by atoms with van der Waals surface area (Å²) in [6, 6.07) is 8.79. The molecule has 3 aromatic heterocycles. The van der Waals surface area contributed by atoms with Crippen molar-refractivity contribution in [2.45, 2.75) is 45.0 Å². The van der Waals surface area contributed by atoms with Crippen molar-refractivity contribution in [2.24, 2.45) is 0 Å². The second-order valence-electron chi connectivity index (χ2n) is 9.62. The molecule has 0 amide bonds. The van der Waals surface area contributed by atoms with E-state index < -0.39 is 23.6 Å². The van der Waals surface area contributed by atoms with E-state index in [1.54, 1.807) is 6.07 Å². The highest BCUT2D eigenvalue weighted by molar-refractivity contribution is 5.93. The lowest BCUT2D eigenvalue weighted by molar-refractivity contribution is -0.141. The highest BCUT2D eigenvalue weighted by Gasteiger charge is 2.34. The van der Waals surface area contributed by atoms with Gasteiger partial charge in [-0.15, -0.1) is 0 Å². The van der Waals surface area contributed by atoms with Gasteiger partial charge in [0.05, 0.1) is 47.4 Å². The molecule has 4 heterocycles. The molecule has 1 aliphatic rings. The molecule has 4 aromatic rings. The number of benzene rings is 1. The van der Waals surface area contributed by atoms with Gasteiger partial charge < -0.3 is 10.1 Å². The van der Waals surface area contributed by atoms with E-state index in [0.29, 0.717) is 36.4 Å². The summed E-state index contributed by atoms with van der Waals surface area (Å²) in [6.07, 6.45) is -6.91. The molecule has 210 valence electrons. The van der Waals surface area contributed by atoms with Crippen molar-refractivity contribution in [3.05, 3.63) is 71.9 Å². The van der Waals surface area contributed by atoms with Crippen LogP contribution in [0.25, 0.3) is 22.2 Å². The average molecular weight is 563 g/mol. The third-order valence-electron chi connectivity index (χ3n) is 6.31. The number of ether oxygens (including phenoxy) is 1. The van der Waals surface area contributed by atoms with E-state index in [4.69, 9.17) is 4.74 Å². The minimum absolute atomic E-state index is 0.0171. The molecule has 1 N–H and O–H groups in total. The van der Waals surface area contributed by atoms with Gasteiger partial charge in [-0.2, -0.15) is 26.3 Å². The van der Waals surface area contributed by atoms with Crippen LogP contribution < -0.4 is 5.32 Å². The predicted molar refractivity (Wildman–Crippen MR) is 136 cm³/mol. The van der Waals surface area contributed by atoms with Gasteiger partial charge in [0.1, 0.15) is 17.3 Å². The van der Waals surface area contributed by atoms with Crippen molar-refractivity contribution in [1.82, 2.24) is 24.8 Å². The Labute approximate surface area is 225 Å². The zero-order valence-corrected chi connectivity index (χ0v) is 21.4. The molecule has 1 aliphatic heterocycles. The number of aromatic nitrogens is 4. The van der Waals surface area contributed by atoms with Gasteiger partial charge in [-0.25, -0.2) is 15.0 Å². The Morgan fingerprint density at radius 3 is 2.33 bits per heavy atom.